The van der Waals surface area contributed by atoms with Crippen LogP contribution < -0.4 is 0 Å². The van der Waals surface area contributed by atoms with Crippen molar-refractivity contribution in [3.8, 4) is 17.9 Å². The van der Waals surface area contributed by atoms with Gasteiger partial charge in [-0.25, -0.2) is 4.74 Å². The van der Waals surface area contributed by atoms with Gasteiger partial charge in [0.2, 0.25) is 0 Å². The number of nitrogens with zero attached hydrogens (tertiary/aromatic N) is 7. The van der Waals surface area contributed by atoms with E-state index >= 15 is 0 Å². The minimum absolute atomic E-state index is 0.109. The molecule has 53 heavy (non-hydrogen) atoms. The third-order valence-electron chi connectivity index (χ3n) is 3.85. The largest absolute Gasteiger partial charge is 0.624 e. The lowest BCUT2D eigenvalue weighted by molar-refractivity contribution is -0.497. The van der Waals surface area contributed by atoms with Gasteiger partial charge in [-0.15, -0.1) is 16.7 Å². The van der Waals surface area contributed by atoms with Crippen molar-refractivity contribution in [1.82, 2.24) is 0 Å². The lowest BCUT2D eigenvalue weighted by Crippen LogP contribution is -1.89. The third kappa shape index (κ3) is 377. The number of allylic oxidation sites excluding steroid dienone is 8. The molecule has 0 aliphatic carbocycles. The first-order valence-corrected chi connectivity index (χ1v) is 16.1. The molecule has 0 aliphatic heterocycles. The summed E-state index contributed by atoms with van der Waals surface area (Å²) in [5.41, 5.74) is 2.15. The van der Waals surface area contributed by atoms with E-state index < -0.39 is 0 Å². The van der Waals surface area contributed by atoms with Crippen LogP contribution in [0.1, 0.15) is 104 Å². The van der Waals surface area contributed by atoms with Gasteiger partial charge < -0.3 is 24.9 Å². The van der Waals surface area contributed by atoms with Gasteiger partial charge in [-0.2, -0.15) is 15.5 Å². The molecule has 0 saturated heterocycles. The molecule has 310 valence electrons. The maximum absolute atomic E-state index is 9.96. The number of hydroxylamine groups is 2. The summed E-state index contributed by atoms with van der Waals surface area (Å²) < 4.78 is 8.97. The SMILES string of the molecule is CC#CC.CC=C(C)C.CC=C(C)C#N.CC=CC.CC=CC(C)=O.CC=NC.CC=[N+](C)[O-].CN=NC.CN=[N+](C)[O-].COC(C)=O.COC(C)=O. The Morgan fingerprint density at radius 2 is 0.943 bits per heavy atom. The summed E-state index contributed by atoms with van der Waals surface area (Å²) in [6.45, 7) is 27.1. The van der Waals surface area contributed by atoms with Gasteiger partial charge >= 0.3 is 11.9 Å². The normalized spacial score (nSPS) is 8.91. The Morgan fingerprint density at radius 3 is 0.943 bits per heavy atom. The van der Waals surface area contributed by atoms with E-state index in [1.807, 2.05) is 73.6 Å². The number of ether oxygens (including phenoxy) is 2. The summed E-state index contributed by atoms with van der Waals surface area (Å²) in [6.07, 6.45) is 14.3. The second-order valence-electron chi connectivity index (χ2n) is 8.50. The number of esters is 2. The molecule has 0 fully saturated rings. The number of nitriles is 1. The highest BCUT2D eigenvalue weighted by atomic mass is 16.5. The Balaban J connectivity index is -0.0000000408. The molecule has 0 aromatic carbocycles. The van der Waals surface area contributed by atoms with E-state index in [-0.39, 0.29) is 17.7 Å². The number of carbonyl (C=O) groups is 3. The van der Waals surface area contributed by atoms with Crippen LogP contribution >= 0.6 is 0 Å². The van der Waals surface area contributed by atoms with Crippen LogP contribution in [0.3, 0.4) is 0 Å². The van der Waals surface area contributed by atoms with E-state index in [0.29, 0.717) is 4.86 Å². The molecule has 0 N–H and O–H groups in total. The molecule has 0 rings (SSSR count). The van der Waals surface area contributed by atoms with Gasteiger partial charge in [0, 0.05) is 47.5 Å². The first-order valence-electron chi connectivity index (χ1n) is 16.1. The second-order valence-corrected chi connectivity index (χ2v) is 8.50. The number of hydrogen-bond acceptors (Lipinski definition) is 12. The Labute approximate surface area is 325 Å². The predicted octanol–water partition coefficient (Wildman–Crippen LogP) is 9.40. The first-order chi connectivity index (χ1) is 24.6. The molecule has 0 aromatic heterocycles. The van der Waals surface area contributed by atoms with Gasteiger partial charge in [-0.3, -0.25) is 14.4 Å². The van der Waals surface area contributed by atoms with Gasteiger partial charge in [-0.05, 0) is 100 Å². The Kier molecular flexibility index (Phi) is 133. The molecule has 0 radical (unpaired) electrons. The van der Waals surface area contributed by atoms with E-state index in [0.717, 1.165) is 10.3 Å². The average Bonchev–Trinajstić information content (AvgIpc) is 3.15. The quantitative estimate of drug-likeness (QED) is 0.0241. The maximum Gasteiger partial charge on any atom is 0.302 e. The maximum atomic E-state index is 9.96. The molecule has 0 heterocycles. The van der Waals surface area contributed by atoms with Crippen LogP contribution in [0.4, 0.5) is 0 Å². The number of hydrogen-bond donors (Lipinski definition) is 0. The van der Waals surface area contributed by atoms with Crippen LogP contribution in [0.5, 0.6) is 0 Å². The molecule has 0 atom stereocenters. The summed E-state index contributed by atoms with van der Waals surface area (Å²) in [5.74, 6) is 4.98. The van der Waals surface area contributed by atoms with Gasteiger partial charge in [-0.1, -0.05) is 36.0 Å². The fourth-order valence-electron chi connectivity index (χ4n) is 0.299. The summed E-state index contributed by atoms with van der Waals surface area (Å²) in [7, 11) is 11.9. The van der Waals surface area contributed by atoms with Crippen molar-refractivity contribution < 1.29 is 33.5 Å². The van der Waals surface area contributed by atoms with E-state index in [4.69, 9.17) is 5.26 Å². The number of carbonyl (C=O) groups excluding carboxylic acids is 3. The van der Waals surface area contributed by atoms with E-state index in [1.165, 1.54) is 74.0 Å². The van der Waals surface area contributed by atoms with Gasteiger partial charge in [0.1, 0.15) is 13.3 Å². The Hall–Kier alpha value is -5.24. The highest BCUT2D eigenvalue weighted by Crippen LogP contribution is 1.83. The zero-order valence-corrected chi connectivity index (χ0v) is 37.6. The zero-order valence-electron chi connectivity index (χ0n) is 37.6. The monoisotopic (exact) mass is 756 g/mol. The van der Waals surface area contributed by atoms with Crippen molar-refractivity contribution in [3.63, 3.8) is 0 Å². The molecule has 0 spiro atoms. The predicted molar refractivity (Wildman–Crippen MR) is 227 cm³/mol. The molecule has 0 saturated carbocycles. The van der Waals surface area contributed by atoms with Crippen molar-refractivity contribution in [3.05, 3.63) is 58.0 Å². The van der Waals surface area contributed by atoms with Crippen molar-refractivity contribution in [2.75, 3.05) is 56.5 Å². The summed E-state index contributed by atoms with van der Waals surface area (Å²) in [6, 6.07) is 1.98. The van der Waals surface area contributed by atoms with Crippen molar-refractivity contribution >= 4 is 30.2 Å². The number of aliphatic imine (C=N–C) groups is 1. The molecule has 14 nitrogen and oxygen atoms in total. The smallest absolute Gasteiger partial charge is 0.302 e. The van der Waals surface area contributed by atoms with Crippen LogP contribution in [0.15, 0.2) is 67.9 Å². The van der Waals surface area contributed by atoms with Crippen LogP contribution in [-0.2, 0) is 23.9 Å². The number of azo groups is 2. The van der Waals surface area contributed by atoms with Gasteiger partial charge in [0.15, 0.2) is 12.8 Å². The van der Waals surface area contributed by atoms with Crippen LogP contribution in [0.25, 0.3) is 0 Å². The Morgan fingerprint density at radius 1 is 0.679 bits per heavy atom. The van der Waals surface area contributed by atoms with Crippen LogP contribution in [0, 0.1) is 33.6 Å². The minimum atomic E-state index is -0.245. The van der Waals surface area contributed by atoms with Gasteiger partial charge in [0.25, 0.3) is 0 Å². The molecule has 0 aliphatic rings. The lowest BCUT2D eigenvalue weighted by Gasteiger charge is -1.86. The van der Waals surface area contributed by atoms with Crippen molar-refractivity contribution in [1.29, 1.82) is 5.26 Å². The van der Waals surface area contributed by atoms with Crippen LogP contribution in [-0.4, -0.2) is 96.3 Å². The van der Waals surface area contributed by atoms with Crippen molar-refractivity contribution in [2.24, 2.45) is 20.3 Å². The molecule has 0 unspecified atom stereocenters. The van der Waals surface area contributed by atoms with E-state index in [1.54, 1.807) is 53.4 Å². The summed E-state index contributed by atoms with van der Waals surface area (Å²) >= 11 is 0. The van der Waals surface area contributed by atoms with Gasteiger partial charge in [0.05, 0.1) is 27.3 Å². The highest BCUT2D eigenvalue weighted by molar-refractivity contribution is 5.87. The first kappa shape index (κ1) is 77.3. The zero-order chi connectivity index (χ0) is 45.1. The molecule has 0 bridgehead atoms. The fourth-order valence-corrected chi connectivity index (χ4v) is 0.299. The van der Waals surface area contributed by atoms with Crippen LogP contribution in [0.2, 0.25) is 0 Å². The summed E-state index contributed by atoms with van der Waals surface area (Å²) in [4.78, 5) is 33.2. The van der Waals surface area contributed by atoms with Crippen molar-refractivity contribution in [2.45, 2.75) is 104 Å². The third-order valence-corrected chi connectivity index (χ3v) is 3.85. The lowest BCUT2D eigenvalue weighted by atomic mass is 10.3. The second kappa shape index (κ2) is 91.2. The summed E-state index contributed by atoms with van der Waals surface area (Å²) in [5, 5.41) is 37.1. The highest BCUT2D eigenvalue weighted by Gasteiger charge is 1.76. The fraction of sp³-hybridized carbons (Fsp3) is 0.590. The molecular weight excluding hydrogens is 678 g/mol. The standard InChI is InChI=1S/C5H7N.C5H8O.C5H10.C4H8.C4H6.C3H7NO.C3H7N.2C3H6O2.C2H6N2O.C2H6N2/c1-3-5(2)4-6;1-3-4-5(2)6;1-4-5(2)3;2*1-3-4-2;1-3-4(2)5;1-3-4-2;2*1-3(4)5-2;1-3-4(2)5;1-3-4-2/h3H,1-2H3;3-4H,1-2H3;4H,1-3H3;3-4H,1-2H3;1-2H3;3H,1-2H3;3H,1-2H3;3*1-2H3;1-2H3. The topological polar surface area (TPSA) is 195 Å². The molecule has 0 aromatic rings. The van der Waals surface area contributed by atoms with E-state index in [2.05, 4.69) is 61.6 Å². The molecule has 0 amide bonds. The average molecular weight is 756 g/mol. The number of ketones is 1. The number of methoxy groups -OCH3 is 2. The molecular formula is C39H77N7O7. The van der Waals surface area contributed by atoms with E-state index in [9.17, 15) is 24.8 Å². The molecule has 14 heteroatoms. The Bertz CT molecular complexity index is 998. The minimum Gasteiger partial charge on any atom is -0.624 e. The number of rotatable bonds is 1.